The summed E-state index contributed by atoms with van der Waals surface area (Å²) in [5, 5.41) is 0. The molecule has 2 aromatic carbocycles. The van der Waals surface area contributed by atoms with Gasteiger partial charge < -0.3 is 8.85 Å². The molecule has 2 rings (SSSR count). The van der Waals surface area contributed by atoms with E-state index >= 15 is 0 Å². The molecule has 0 aromatic heterocycles. The van der Waals surface area contributed by atoms with Crippen molar-refractivity contribution >= 4 is 16.6 Å². The second-order valence-electron chi connectivity index (χ2n) is 9.79. The molecule has 0 atom stereocenters. The van der Waals surface area contributed by atoms with E-state index in [-0.39, 0.29) is 0 Å². The fourth-order valence-corrected chi connectivity index (χ4v) is 19.2. The Morgan fingerprint density at radius 1 is 0.485 bits per heavy atom. The third-order valence-corrected chi connectivity index (χ3v) is 18.3. The first-order chi connectivity index (χ1) is 16.1. The number of benzene rings is 2. The Hall–Kier alpha value is -1.53. The lowest BCUT2D eigenvalue weighted by atomic mass is 10.3. The first-order valence-electron chi connectivity index (χ1n) is 13.6. The Bertz CT molecular complexity index is 656. The van der Waals surface area contributed by atoms with Crippen molar-refractivity contribution in [2.75, 3.05) is 0 Å². The molecule has 0 radical (unpaired) electrons. The summed E-state index contributed by atoms with van der Waals surface area (Å²) in [6, 6.07) is 26.3. The average Bonchev–Trinajstić information content (AvgIpc) is 2.85. The van der Waals surface area contributed by atoms with Crippen molar-refractivity contribution in [2.45, 2.75) is 109 Å². The summed E-state index contributed by atoms with van der Waals surface area (Å²) in [4.78, 5) is 0. The molecule has 0 heterocycles. The summed E-state index contributed by atoms with van der Waals surface area (Å²) in [5.74, 6) is 2.15. The van der Waals surface area contributed by atoms with Gasteiger partial charge in [0.05, 0.1) is 0 Å². The molecule has 0 saturated heterocycles. The zero-order chi connectivity index (χ0) is 23.8. The zero-order valence-electron chi connectivity index (χ0n) is 21.8. The van der Waals surface area contributed by atoms with Crippen LogP contribution in [0, 0.1) is 0 Å². The van der Waals surface area contributed by atoms with Gasteiger partial charge in [0.15, 0.2) is 0 Å². The molecule has 33 heavy (non-hydrogen) atoms. The minimum Gasteiger partial charge on any atom is -0.544 e. The molecule has 0 fully saturated rings. The quantitative estimate of drug-likeness (QED) is 0.196. The SMILES string of the molecule is CCCC[Si](CCCC)(C[Si](CCCC)(CCCC)Oc1ccccc1)Oc1ccccc1. The van der Waals surface area contributed by atoms with Gasteiger partial charge in [-0.3, -0.25) is 0 Å². The van der Waals surface area contributed by atoms with E-state index in [0.29, 0.717) is 0 Å². The average molecular weight is 485 g/mol. The van der Waals surface area contributed by atoms with E-state index in [1.165, 1.54) is 81.2 Å². The molecule has 4 heteroatoms. The summed E-state index contributed by atoms with van der Waals surface area (Å²) in [7, 11) is -4.06. The Morgan fingerprint density at radius 3 is 1.06 bits per heavy atom. The lowest BCUT2D eigenvalue weighted by molar-refractivity contribution is 0.496. The van der Waals surface area contributed by atoms with Crippen LogP contribution in [0.4, 0.5) is 0 Å². The van der Waals surface area contributed by atoms with Crippen LogP contribution in [-0.4, -0.2) is 16.6 Å². The van der Waals surface area contributed by atoms with Gasteiger partial charge in [0, 0.05) is 5.67 Å². The van der Waals surface area contributed by atoms with Crippen LogP contribution in [0.3, 0.4) is 0 Å². The molecular formula is C29H48O2Si2. The van der Waals surface area contributed by atoms with Crippen LogP contribution < -0.4 is 8.85 Å². The van der Waals surface area contributed by atoms with Crippen molar-refractivity contribution in [3.63, 3.8) is 0 Å². The van der Waals surface area contributed by atoms with E-state index in [9.17, 15) is 0 Å². The highest BCUT2D eigenvalue weighted by molar-refractivity contribution is 6.92. The summed E-state index contributed by atoms with van der Waals surface area (Å²) in [5.41, 5.74) is 1.23. The van der Waals surface area contributed by atoms with Crippen molar-refractivity contribution in [3.8, 4) is 11.5 Å². The molecule has 0 amide bonds. The fourth-order valence-electron chi connectivity index (χ4n) is 4.94. The van der Waals surface area contributed by atoms with Gasteiger partial charge in [-0.25, -0.2) is 0 Å². The third-order valence-electron chi connectivity index (χ3n) is 6.74. The highest BCUT2D eigenvalue weighted by Crippen LogP contribution is 2.39. The maximum Gasteiger partial charge on any atom is 0.251 e. The van der Waals surface area contributed by atoms with Gasteiger partial charge in [-0.2, -0.15) is 0 Å². The standard InChI is InChI=1S/C29H48O2Si2/c1-5-9-23-32(24-10-6-2,30-28-19-15-13-16-20-28)27-33(25-11-7-3,26-12-8-4)31-29-21-17-14-18-22-29/h13-22H,5-12,23-27H2,1-4H3. The Balaban J connectivity index is 2.47. The number of hydrogen-bond acceptors (Lipinski definition) is 2. The Kier molecular flexibility index (Phi) is 12.9. The largest absolute Gasteiger partial charge is 0.544 e. The lowest BCUT2D eigenvalue weighted by Gasteiger charge is -2.41. The first-order valence-corrected chi connectivity index (χ1v) is 18.6. The molecule has 0 bridgehead atoms. The summed E-state index contributed by atoms with van der Waals surface area (Å²) >= 11 is 0. The van der Waals surface area contributed by atoms with Crippen molar-refractivity contribution in [1.29, 1.82) is 0 Å². The van der Waals surface area contributed by atoms with Gasteiger partial charge in [0.25, 0.3) is 16.6 Å². The van der Waals surface area contributed by atoms with Gasteiger partial charge in [0.1, 0.15) is 11.5 Å². The van der Waals surface area contributed by atoms with Crippen LogP contribution >= 0.6 is 0 Å². The van der Waals surface area contributed by atoms with Crippen LogP contribution in [0.25, 0.3) is 0 Å². The molecule has 0 unspecified atom stereocenters. The lowest BCUT2D eigenvalue weighted by Crippen LogP contribution is -2.54. The van der Waals surface area contributed by atoms with Crippen LogP contribution in [-0.2, 0) is 0 Å². The molecule has 0 spiro atoms. The van der Waals surface area contributed by atoms with E-state index in [4.69, 9.17) is 8.85 Å². The van der Waals surface area contributed by atoms with E-state index < -0.39 is 16.6 Å². The molecule has 0 N–H and O–H groups in total. The minimum absolute atomic E-state index is 1.07. The summed E-state index contributed by atoms with van der Waals surface area (Å²) in [6.07, 6.45) is 9.99. The molecule has 0 aliphatic heterocycles. The third kappa shape index (κ3) is 9.70. The molecule has 0 saturated carbocycles. The van der Waals surface area contributed by atoms with E-state index in [2.05, 4.69) is 88.4 Å². The molecule has 184 valence electrons. The van der Waals surface area contributed by atoms with Crippen molar-refractivity contribution < 1.29 is 8.85 Å². The summed E-state index contributed by atoms with van der Waals surface area (Å²) < 4.78 is 14.3. The van der Waals surface area contributed by atoms with Crippen molar-refractivity contribution in [2.24, 2.45) is 0 Å². The Labute approximate surface area is 206 Å². The van der Waals surface area contributed by atoms with Gasteiger partial charge in [-0.1, -0.05) is 115 Å². The molecule has 0 aliphatic rings. The van der Waals surface area contributed by atoms with Crippen molar-refractivity contribution in [1.82, 2.24) is 0 Å². The molecule has 2 aromatic rings. The van der Waals surface area contributed by atoms with Crippen LogP contribution in [0.1, 0.15) is 79.1 Å². The smallest absolute Gasteiger partial charge is 0.251 e. The number of para-hydroxylation sites is 2. The van der Waals surface area contributed by atoms with Crippen LogP contribution in [0.2, 0.25) is 29.8 Å². The number of hydrogen-bond donors (Lipinski definition) is 0. The second kappa shape index (κ2) is 15.4. The van der Waals surface area contributed by atoms with Gasteiger partial charge in [-0.05, 0) is 48.4 Å². The highest BCUT2D eigenvalue weighted by Gasteiger charge is 2.48. The predicted octanol–water partition coefficient (Wildman–Crippen LogP) is 9.77. The van der Waals surface area contributed by atoms with E-state index in [1.807, 2.05) is 0 Å². The second-order valence-corrected chi connectivity index (χ2v) is 18.3. The van der Waals surface area contributed by atoms with E-state index in [0.717, 1.165) is 11.5 Å². The minimum atomic E-state index is -2.03. The zero-order valence-corrected chi connectivity index (χ0v) is 23.8. The molecule has 2 nitrogen and oxygen atoms in total. The predicted molar refractivity (Wildman–Crippen MR) is 149 cm³/mol. The highest BCUT2D eigenvalue weighted by atomic mass is 28.4. The monoisotopic (exact) mass is 484 g/mol. The number of rotatable bonds is 18. The normalized spacial score (nSPS) is 12.0. The number of unbranched alkanes of at least 4 members (excludes halogenated alkanes) is 4. The van der Waals surface area contributed by atoms with Gasteiger partial charge in [-0.15, -0.1) is 0 Å². The van der Waals surface area contributed by atoms with Gasteiger partial charge >= 0.3 is 0 Å². The van der Waals surface area contributed by atoms with E-state index in [1.54, 1.807) is 0 Å². The molecule has 0 aliphatic carbocycles. The van der Waals surface area contributed by atoms with Crippen LogP contribution in [0.5, 0.6) is 11.5 Å². The summed E-state index contributed by atoms with van der Waals surface area (Å²) in [6.45, 7) is 9.28. The maximum atomic E-state index is 7.15. The fraction of sp³-hybridized carbons (Fsp3) is 0.586. The van der Waals surface area contributed by atoms with Crippen LogP contribution in [0.15, 0.2) is 60.7 Å². The topological polar surface area (TPSA) is 18.5 Å². The molecular weight excluding hydrogens is 436 g/mol. The van der Waals surface area contributed by atoms with Gasteiger partial charge in [0.2, 0.25) is 0 Å². The first kappa shape index (κ1) is 27.7. The van der Waals surface area contributed by atoms with Crippen molar-refractivity contribution in [3.05, 3.63) is 60.7 Å². The maximum absolute atomic E-state index is 7.15. The Morgan fingerprint density at radius 2 is 0.788 bits per heavy atom.